The number of carbonyl (C=O) groups is 2. The summed E-state index contributed by atoms with van der Waals surface area (Å²) in [7, 11) is 1.90. The fraction of sp³-hybridized carbons (Fsp3) is 0.364. The Bertz CT molecular complexity index is 825. The molecule has 1 saturated heterocycles. The molecule has 1 aliphatic heterocycles. The Morgan fingerprint density at radius 3 is 2.45 bits per heavy atom. The molecule has 3 rings (SSSR count). The Morgan fingerprint density at radius 1 is 1.10 bits per heavy atom. The predicted molar refractivity (Wildman–Crippen MR) is 115 cm³/mol. The number of anilines is 1. The molecule has 2 N–H and O–H groups in total. The Labute approximate surface area is 176 Å². The second kappa shape index (κ2) is 10.4. The monoisotopic (exact) mass is 414 g/mol. The van der Waals surface area contributed by atoms with Crippen molar-refractivity contribution < 1.29 is 19.2 Å². The van der Waals surface area contributed by atoms with Crippen LogP contribution in [-0.2, 0) is 14.3 Å². The average molecular weight is 415 g/mol. The minimum absolute atomic E-state index is 0.0364. The highest BCUT2D eigenvalue weighted by Gasteiger charge is 2.34. The van der Waals surface area contributed by atoms with E-state index >= 15 is 0 Å². The molecule has 7 heteroatoms. The van der Waals surface area contributed by atoms with Gasteiger partial charge in [0.05, 0.1) is 25.9 Å². The normalized spacial score (nSPS) is 16.1. The molecule has 1 heterocycles. The summed E-state index contributed by atoms with van der Waals surface area (Å²) in [5, 5.41) is 2.99. The van der Waals surface area contributed by atoms with Crippen molar-refractivity contribution in [1.82, 2.24) is 4.90 Å². The minimum Gasteiger partial charge on any atom is -0.378 e. The van der Waals surface area contributed by atoms with Gasteiger partial charge in [-0.3, -0.25) is 9.59 Å². The van der Waals surface area contributed by atoms with Crippen molar-refractivity contribution in [2.45, 2.75) is 10.9 Å². The van der Waals surface area contributed by atoms with Crippen molar-refractivity contribution in [2.75, 3.05) is 51.5 Å². The lowest BCUT2D eigenvalue weighted by atomic mass is 10.0. The predicted octanol–water partition coefficient (Wildman–Crippen LogP) is 1.46. The van der Waals surface area contributed by atoms with Crippen LogP contribution in [0.2, 0.25) is 0 Å². The number of hydrogen-bond acceptors (Lipinski definition) is 4. The minimum atomic E-state index is -0.434. The molecule has 154 valence electrons. The number of hydrogen-bond donors (Lipinski definition) is 2. The number of nitrogens with one attached hydrogen (secondary N) is 2. The van der Waals surface area contributed by atoms with Gasteiger partial charge in [-0.05, 0) is 18.4 Å². The number of likely N-dealkylation sites (N-methyl/N-ethyl adjacent to an activating group) is 1. The fourth-order valence-corrected chi connectivity index (χ4v) is 4.10. The summed E-state index contributed by atoms with van der Waals surface area (Å²) in [6.45, 7) is 2.47. The van der Waals surface area contributed by atoms with E-state index in [1.165, 1.54) is 0 Å². The van der Waals surface area contributed by atoms with Crippen molar-refractivity contribution in [1.29, 1.82) is 0 Å². The molecule has 2 atom stereocenters. The zero-order chi connectivity index (χ0) is 20.6. The van der Waals surface area contributed by atoms with Crippen LogP contribution in [0.3, 0.4) is 0 Å². The molecule has 0 aromatic heterocycles. The lowest BCUT2D eigenvalue weighted by molar-refractivity contribution is -0.894. The second-order valence-electron chi connectivity index (χ2n) is 7.05. The van der Waals surface area contributed by atoms with Crippen molar-refractivity contribution in [3.05, 3.63) is 60.2 Å². The molecule has 29 heavy (non-hydrogen) atoms. The maximum absolute atomic E-state index is 13.3. The Morgan fingerprint density at radius 2 is 1.76 bits per heavy atom. The first-order valence-electron chi connectivity index (χ1n) is 9.77. The van der Waals surface area contributed by atoms with E-state index in [-0.39, 0.29) is 18.4 Å². The lowest BCUT2D eigenvalue weighted by Crippen LogP contribution is -3.11. The average Bonchev–Trinajstić information content (AvgIpc) is 2.75. The third-order valence-corrected chi connectivity index (χ3v) is 5.81. The maximum atomic E-state index is 13.3. The first kappa shape index (κ1) is 21.4. The van der Waals surface area contributed by atoms with Crippen LogP contribution in [-0.4, -0.2) is 62.9 Å². The molecule has 0 spiro atoms. The summed E-state index contributed by atoms with van der Waals surface area (Å²) in [5.41, 5.74) is 1.72. The number of morpholine rings is 1. The molecule has 0 bridgehead atoms. The van der Waals surface area contributed by atoms with Gasteiger partial charge in [-0.15, -0.1) is 11.8 Å². The fourth-order valence-electron chi connectivity index (χ4n) is 3.55. The van der Waals surface area contributed by atoms with E-state index in [9.17, 15) is 9.59 Å². The summed E-state index contributed by atoms with van der Waals surface area (Å²) in [6, 6.07) is 17.0. The third kappa shape index (κ3) is 5.59. The number of carbonyl (C=O) groups excluding carboxylic acids is 2. The van der Waals surface area contributed by atoms with Crippen LogP contribution in [0.25, 0.3) is 0 Å². The number of rotatable bonds is 7. The molecule has 1 fully saturated rings. The van der Waals surface area contributed by atoms with Crippen molar-refractivity contribution >= 4 is 29.3 Å². The van der Waals surface area contributed by atoms with Crippen LogP contribution < -0.4 is 10.2 Å². The summed E-state index contributed by atoms with van der Waals surface area (Å²) < 4.78 is 5.38. The second-order valence-corrected chi connectivity index (χ2v) is 7.90. The van der Waals surface area contributed by atoms with E-state index in [2.05, 4.69) is 5.32 Å². The van der Waals surface area contributed by atoms with Crippen LogP contribution >= 0.6 is 11.8 Å². The lowest BCUT2D eigenvalue weighted by Gasteiger charge is -2.32. The van der Waals surface area contributed by atoms with E-state index in [1.54, 1.807) is 11.8 Å². The molecular weight excluding hydrogens is 386 g/mol. The van der Waals surface area contributed by atoms with Gasteiger partial charge in [0.1, 0.15) is 0 Å². The molecular formula is C22H28N3O3S+. The van der Waals surface area contributed by atoms with Crippen LogP contribution in [0, 0.1) is 0 Å². The SMILES string of the molecule is CSc1ccccc1NC(=O)C[NH+](C)[C@H](C(=O)N1CCOCC1)c1ccccc1. The molecule has 6 nitrogen and oxygen atoms in total. The molecule has 1 unspecified atom stereocenters. The number of para-hydroxylation sites is 1. The molecule has 0 aliphatic carbocycles. The van der Waals surface area contributed by atoms with Crippen LogP contribution in [0.4, 0.5) is 5.69 Å². The van der Waals surface area contributed by atoms with Gasteiger partial charge >= 0.3 is 0 Å². The molecule has 2 aromatic rings. The molecule has 1 aliphatic rings. The van der Waals surface area contributed by atoms with Gasteiger partial charge in [0.25, 0.3) is 11.8 Å². The highest BCUT2D eigenvalue weighted by molar-refractivity contribution is 7.98. The van der Waals surface area contributed by atoms with Gasteiger partial charge in [0.15, 0.2) is 12.6 Å². The largest absolute Gasteiger partial charge is 0.378 e. The Hall–Kier alpha value is -2.35. The maximum Gasteiger partial charge on any atom is 0.285 e. The van der Waals surface area contributed by atoms with Gasteiger partial charge in [-0.25, -0.2) is 0 Å². The van der Waals surface area contributed by atoms with Crippen molar-refractivity contribution in [3.63, 3.8) is 0 Å². The quantitative estimate of drug-likeness (QED) is 0.674. The van der Waals surface area contributed by atoms with E-state index in [4.69, 9.17) is 4.74 Å². The molecule has 0 saturated carbocycles. The highest BCUT2D eigenvalue weighted by atomic mass is 32.2. The van der Waals surface area contributed by atoms with Crippen LogP contribution in [0.1, 0.15) is 11.6 Å². The number of amides is 2. The first-order valence-corrected chi connectivity index (χ1v) is 11.0. The van der Waals surface area contributed by atoms with Gasteiger partial charge in [-0.1, -0.05) is 42.5 Å². The standard InChI is InChI=1S/C22H27N3O3S/c1-24(16-20(26)23-18-10-6-7-11-19(18)29-2)21(17-8-4-3-5-9-17)22(27)25-12-14-28-15-13-25/h3-11,21H,12-16H2,1-2H3,(H,23,26)/p+1/t21-/m0/s1. The number of nitrogens with zero attached hydrogens (tertiary/aromatic N) is 1. The number of ether oxygens (including phenoxy) is 1. The van der Waals surface area contributed by atoms with Gasteiger partial charge < -0.3 is 19.9 Å². The molecule has 2 aromatic carbocycles. The van der Waals surface area contributed by atoms with E-state index < -0.39 is 6.04 Å². The summed E-state index contributed by atoms with van der Waals surface area (Å²) >= 11 is 1.59. The molecule has 2 amide bonds. The summed E-state index contributed by atoms with van der Waals surface area (Å²) in [5.74, 6) is -0.0750. The number of benzene rings is 2. The smallest absolute Gasteiger partial charge is 0.285 e. The Kier molecular flexibility index (Phi) is 7.69. The third-order valence-electron chi connectivity index (χ3n) is 5.02. The van der Waals surface area contributed by atoms with Gasteiger partial charge in [0.2, 0.25) is 0 Å². The first-order chi connectivity index (χ1) is 14.1. The van der Waals surface area contributed by atoms with E-state index in [1.807, 2.05) is 72.8 Å². The van der Waals surface area contributed by atoms with Gasteiger partial charge in [-0.2, -0.15) is 0 Å². The van der Waals surface area contributed by atoms with Crippen molar-refractivity contribution in [3.8, 4) is 0 Å². The van der Waals surface area contributed by atoms with E-state index in [0.29, 0.717) is 26.3 Å². The zero-order valence-electron chi connectivity index (χ0n) is 16.9. The summed E-state index contributed by atoms with van der Waals surface area (Å²) in [6.07, 6.45) is 1.98. The summed E-state index contributed by atoms with van der Waals surface area (Å²) in [4.78, 5) is 29.7. The van der Waals surface area contributed by atoms with Gasteiger partial charge in [0, 0.05) is 23.5 Å². The Balaban J connectivity index is 1.74. The number of thioether (sulfide) groups is 1. The van der Waals surface area contributed by atoms with Crippen molar-refractivity contribution in [2.24, 2.45) is 0 Å². The van der Waals surface area contributed by atoms with E-state index in [0.717, 1.165) is 21.0 Å². The zero-order valence-corrected chi connectivity index (χ0v) is 17.7. The highest BCUT2D eigenvalue weighted by Crippen LogP contribution is 2.24. The topological polar surface area (TPSA) is 63.1 Å². The van der Waals surface area contributed by atoms with Crippen LogP contribution in [0.5, 0.6) is 0 Å². The molecule has 0 radical (unpaired) electrons. The van der Waals surface area contributed by atoms with Crippen LogP contribution in [0.15, 0.2) is 59.5 Å². The number of quaternary nitrogens is 1.